The fourth-order valence-corrected chi connectivity index (χ4v) is 2.15. The third-order valence-corrected chi connectivity index (χ3v) is 3.61. The summed E-state index contributed by atoms with van der Waals surface area (Å²) in [7, 11) is 0. The smallest absolute Gasteiger partial charge is 0.312 e. The first-order valence-electron chi connectivity index (χ1n) is 6.68. The lowest BCUT2D eigenvalue weighted by Crippen LogP contribution is -2.36. The third-order valence-electron chi connectivity index (χ3n) is 3.61. The van der Waals surface area contributed by atoms with Gasteiger partial charge in [0, 0.05) is 30.9 Å². The third kappa shape index (κ3) is 3.10. The molecule has 0 bridgehead atoms. The second-order valence-electron chi connectivity index (χ2n) is 5.04. The maximum Gasteiger partial charge on any atom is 0.328 e. The highest BCUT2D eigenvalue weighted by atomic mass is 16.2. The minimum atomic E-state index is -0.321. The van der Waals surface area contributed by atoms with E-state index >= 15 is 0 Å². The zero-order valence-corrected chi connectivity index (χ0v) is 11.0. The van der Waals surface area contributed by atoms with Crippen LogP contribution in [0.4, 0.5) is 0 Å². The SMILES string of the molecule is CCc1cn(CCNC(C)C2CC2)c(=O)[nH]c1=O. The number of nitrogens with one attached hydrogen (secondary N) is 2. The Morgan fingerprint density at radius 3 is 2.83 bits per heavy atom. The van der Waals surface area contributed by atoms with Crippen molar-refractivity contribution in [2.24, 2.45) is 5.92 Å². The van der Waals surface area contributed by atoms with Crippen LogP contribution in [0.5, 0.6) is 0 Å². The molecule has 5 heteroatoms. The Morgan fingerprint density at radius 1 is 1.50 bits per heavy atom. The molecule has 1 aliphatic rings. The zero-order chi connectivity index (χ0) is 13.1. The summed E-state index contributed by atoms with van der Waals surface area (Å²) >= 11 is 0. The first-order valence-corrected chi connectivity index (χ1v) is 6.68. The molecule has 100 valence electrons. The van der Waals surface area contributed by atoms with E-state index < -0.39 is 0 Å². The van der Waals surface area contributed by atoms with Crippen LogP contribution in [-0.4, -0.2) is 22.1 Å². The van der Waals surface area contributed by atoms with Crippen LogP contribution in [0.2, 0.25) is 0 Å². The molecule has 0 amide bonds. The fourth-order valence-electron chi connectivity index (χ4n) is 2.15. The predicted octanol–water partition coefficient (Wildman–Crippen LogP) is 0.487. The van der Waals surface area contributed by atoms with E-state index in [1.165, 1.54) is 12.8 Å². The molecule has 1 heterocycles. The second kappa shape index (κ2) is 5.52. The van der Waals surface area contributed by atoms with Crippen molar-refractivity contribution in [3.05, 3.63) is 32.6 Å². The van der Waals surface area contributed by atoms with Gasteiger partial charge in [-0.05, 0) is 32.1 Å². The number of aromatic nitrogens is 2. The molecule has 1 unspecified atom stereocenters. The fraction of sp³-hybridized carbons (Fsp3) is 0.692. The Hall–Kier alpha value is -1.36. The molecular formula is C13H21N3O2. The normalized spacial score (nSPS) is 16.8. The Labute approximate surface area is 106 Å². The highest BCUT2D eigenvalue weighted by Gasteiger charge is 2.27. The van der Waals surface area contributed by atoms with E-state index in [0.717, 1.165) is 12.5 Å². The van der Waals surface area contributed by atoms with Crippen LogP contribution < -0.4 is 16.6 Å². The van der Waals surface area contributed by atoms with Gasteiger partial charge in [0.05, 0.1) is 0 Å². The number of rotatable bonds is 6. The van der Waals surface area contributed by atoms with Gasteiger partial charge in [0.25, 0.3) is 5.56 Å². The number of hydrogen-bond donors (Lipinski definition) is 2. The molecule has 0 saturated heterocycles. The Bertz CT molecular complexity index is 514. The van der Waals surface area contributed by atoms with Crippen LogP contribution in [0, 0.1) is 5.92 Å². The van der Waals surface area contributed by atoms with E-state index in [1.807, 2.05) is 6.92 Å². The quantitative estimate of drug-likeness (QED) is 0.773. The van der Waals surface area contributed by atoms with Crippen LogP contribution in [-0.2, 0) is 13.0 Å². The van der Waals surface area contributed by atoms with Crippen molar-refractivity contribution in [1.82, 2.24) is 14.9 Å². The van der Waals surface area contributed by atoms with Gasteiger partial charge in [0.1, 0.15) is 0 Å². The lowest BCUT2D eigenvalue weighted by atomic mass is 10.2. The molecule has 1 aliphatic carbocycles. The predicted molar refractivity (Wildman–Crippen MR) is 70.9 cm³/mol. The molecule has 0 radical (unpaired) electrons. The molecule has 1 aromatic rings. The van der Waals surface area contributed by atoms with Crippen LogP contribution in [0.15, 0.2) is 15.8 Å². The molecule has 1 saturated carbocycles. The molecule has 18 heavy (non-hydrogen) atoms. The monoisotopic (exact) mass is 251 g/mol. The minimum Gasteiger partial charge on any atom is -0.312 e. The number of aromatic amines is 1. The van der Waals surface area contributed by atoms with Crippen molar-refractivity contribution < 1.29 is 0 Å². The summed E-state index contributed by atoms with van der Waals surface area (Å²) in [5, 5.41) is 3.42. The molecule has 1 atom stereocenters. The van der Waals surface area contributed by atoms with E-state index in [4.69, 9.17) is 0 Å². The molecule has 5 nitrogen and oxygen atoms in total. The Balaban J connectivity index is 1.95. The lowest BCUT2D eigenvalue weighted by molar-refractivity contribution is 0.469. The summed E-state index contributed by atoms with van der Waals surface area (Å²) in [6.07, 6.45) is 4.94. The highest BCUT2D eigenvalue weighted by molar-refractivity contribution is 5.03. The summed E-state index contributed by atoms with van der Waals surface area (Å²) < 4.78 is 1.58. The number of hydrogen-bond acceptors (Lipinski definition) is 3. The average Bonchev–Trinajstić information content (AvgIpc) is 3.15. The standard InChI is InChI=1S/C13H21N3O2/c1-3-10-8-16(13(18)15-12(10)17)7-6-14-9(2)11-4-5-11/h8-9,11,14H,3-7H2,1-2H3,(H,15,17,18). The van der Waals surface area contributed by atoms with Gasteiger partial charge < -0.3 is 5.32 Å². The van der Waals surface area contributed by atoms with Gasteiger partial charge in [0.15, 0.2) is 0 Å². The molecular weight excluding hydrogens is 230 g/mol. The second-order valence-corrected chi connectivity index (χ2v) is 5.04. The lowest BCUT2D eigenvalue weighted by Gasteiger charge is -2.13. The molecule has 0 aliphatic heterocycles. The van der Waals surface area contributed by atoms with Crippen molar-refractivity contribution in [3.8, 4) is 0 Å². The van der Waals surface area contributed by atoms with Gasteiger partial charge in [-0.3, -0.25) is 14.3 Å². The van der Waals surface area contributed by atoms with Gasteiger partial charge >= 0.3 is 5.69 Å². The highest BCUT2D eigenvalue weighted by Crippen LogP contribution is 2.32. The number of H-pyrrole nitrogens is 1. The summed E-state index contributed by atoms with van der Waals surface area (Å²) in [6, 6.07) is 0.522. The average molecular weight is 251 g/mol. The van der Waals surface area contributed by atoms with Crippen LogP contribution in [0.1, 0.15) is 32.3 Å². The Morgan fingerprint density at radius 2 is 2.22 bits per heavy atom. The van der Waals surface area contributed by atoms with Gasteiger partial charge in [-0.2, -0.15) is 0 Å². The summed E-state index contributed by atoms with van der Waals surface area (Å²) in [5.74, 6) is 0.809. The first kappa shape index (κ1) is 13.1. The van der Waals surface area contributed by atoms with Gasteiger partial charge in [-0.1, -0.05) is 6.92 Å². The molecule has 0 spiro atoms. The number of nitrogens with zero attached hydrogens (tertiary/aromatic N) is 1. The van der Waals surface area contributed by atoms with E-state index in [-0.39, 0.29) is 11.2 Å². The van der Waals surface area contributed by atoms with Crippen LogP contribution in [0.3, 0.4) is 0 Å². The summed E-state index contributed by atoms with van der Waals surface area (Å²) in [5.41, 5.74) is 0.0703. The van der Waals surface area contributed by atoms with E-state index in [0.29, 0.717) is 24.6 Å². The van der Waals surface area contributed by atoms with Crippen LogP contribution >= 0.6 is 0 Å². The molecule has 2 N–H and O–H groups in total. The van der Waals surface area contributed by atoms with Gasteiger partial charge in [-0.25, -0.2) is 4.79 Å². The number of aryl methyl sites for hydroxylation is 1. The maximum absolute atomic E-state index is 11.6. The largest absolute Gasteiger partial charge is 0.328 e. The van der Waals surface area contributed by atoms with Crippen LogP contribution in [0.25, 0.3) is 0 Å². The molecule has 1 fully saturated rings. The Kier molecular flexibility index (Phi) is 4.01. The summed E-state index contributed by atoms with van der Waals surface area (Å²) in [6.45, 7) is 5.45. The van der Waals surface area contributed by atoms with Crippen molar-refractivity contribution in [3.63, 3.8) is 0 Å². The minimum absolute atomic E-state index is 0.266. The topological polar surface area (TPSA) is 66.9 Å². The van der Waals surface area contributed by atoms with E-state index in [2.05, 4.69) is 17.2 Å². The van der Waals surface area contributed by atoms with E-state index in [9.17, 15) is 9.59 Å². The van der Waals surface area contributed by atoms with Crippen molar-refractivity contribution in [2.45, 2.75) is 45.7 Å². The molecule has 2 rings (SSSR count). The summed E-state index contributed by atoms with van der Waals surface area (Å²) in [4.78, 5) is 25.4. The molecule has 0 aromatic carbocycles. The van der Waals surface area contributed by atoms with Gasteiger partial charge in [-0.15, -0.1) is 0 Å². The van der Waals surface area contributed by atoms with Gasteiger partial charge in [0.2, 0.25) is 0 Å². The first-order chi connectivity index (χ1) is 8.61. The van der Waals surface area contributed by atoms with Crippen molar-refractivity contribution in [1.29, 1.82) is 0 Å². The van der Waals surface area contributed by atoms with E-state index in [1.54, 1.807) is 10.8 Å². The maximum atomic E-state index is 11.6. The van der Waals surface area contributed by atoms with Crippen molar-refractivity contribution in [2.75, 3.05) is 6.54 Å². The zero-order valence-electron chi connectivity index (χ0n) is 11.0. The van der Waals surface area contributed by atoms with Crippen molar-refractivity contribution >= 4 is 0 Å². The molecule has 1 aromatic heterocycles.